The molecule has 0 bridgehead atoms. The van der Waals surface area contributed by atoms with Gasteiger partial charge in [0.25, 0.3) is 0 Å². The Morgan fingerprint density at radius 1 is 1.40 bits per heavy atom. The topological polar surface area (TPSA) is 56.1 Å². The highest BCUT2D eigenvalue weighted by atomic mass is 32.2. The Kier molecular flexibility index (Phi) is 2.22. The van der Waals surface area contributed by atoms with E-state index in [0.29, 0.717) is 5.56 Å². The zero-order chi connectivity index (χ0) is 11.2. The predicted molar refractivity (Wildman–Crippen MR) is 57.0 cm³/mol. The predicted octanol–water partition coefficient (Wildman–Crippen LogP) is 0.887. The quantitative estimate of drug-likeness (QED) is 0.705. The SMILES string of the molecule is Cc1cc(C=O)c(C)n1C1CS(=O)(=O)C1. The molecule has 1 aromatic rings. The second-order valence-corrected chi connectivity index (χ2v) is 6.20. The maximum atomic E-state index is 11.1. The fraction of sp³-hybridized carbons (Fsp3) is 0.500. The van der Waals surface area contributed by atoms with Gasteiger partial charge >= 0.3 is 0 Å². The van der Waals surface area contributed by atoms with Gasteiger partial charge in [0, 0.05) is 17.0 Å². The van der Waals surface area contributed by atoms with E-state index in [-0.39, 0.29) is 17.5 Å². The second kappa shape index (κ2) is 3.20. The van der Waals surface area contributed by atoms with Crippen molar-refractivity contribution >= 4 is 16.1 Å². The van der Waals surface area contributed by atoms with Crippen LogP contribution >= 0.6 is 0 Å². The van der Waals surface area contributed by atoms with E-state index in [2.05, 4.69) is 0 Å². The van der Waals surface area contributed by atoms with Gasteiger partial charge < -0.3 is 4.57 Å². The van der Waals surface area contributed by atoms with E-state index in [4.69, 9.17) is 0 Å². The van der Waals surface area contributed by atoms with Gasteiger partial charge in [0.1, 0.15) is 0 Å². The number of carbonyl (C=O) groups is 1. The largest absolute Gasteiger partial charge is 0.343 e. The summed E-state index contributed by atoms with van der Waals surface area (Å²) in [6, 6.07) is 1.82. The van der Waals surface area contributed by atoms with E-state index in [0.717, 1.165) is 17.7 Å². The van der Waals surface area contributed by atoms with E-state index >= 15 is 0 Å². The Hall–Kier alpha value is -1.10. The molecule has 0 N–H and O–H groups in total. The number of aryl methyl sites for hydroxylation is 1. The Balaban J connectivity index is 2.38. The van der Waals surface area contributed by atoms with Crippen LogP contribution < -0.4 is 0 Å². The lowest BCUT2D eigenvalue weighted by Crippen LogP contribution is -2.39. The van der Waals surface area contributed by atoms with Crippen LogP contribution in [0.25, 0.3) is 0 Å². The van der Waals surface area contributed by atoms with Crippen LogP contribution in [-0.4, -0.2) is 30.8 Å². The van der Waals surface area contributed by atoms with Crippen LogP contribution in [0.4, 0.5) is 0 Å². The number of hydrogen-bond donors (Lipinski definition) is 0. The van der Waals surface area contributed by atoms with Gasteiger partial charge in [-0.3, -0.25) is 4.79 Å². The molecule has 1 fully saturated rings. The number of aldehydes is 1. The lowest BCUT2D eigenvalue weighted by Gasteiger charge is -2.29. The smallest absolute Gasteiger partial charge is 0.154 e. The van der Waals surface area contributed by atoms with Gasteiger partial charge in [0.05, 0.1) is 17.5 Å². The van der Waals surface area contributed by atoms with E-state index in [1.807, 2.05) is 18.4 Å². The Morgan fingerprint density at radius 3 is 2.40 bits per heavy atom. The van der Waals surface area contributed by atoms with Crippen molar-refractivity contribution in [1.82, 2.24) is 4.57 Å². The van der Waals surface area contributed by atoms with Crippen LogP contribution in [0.1, 0.15) is 27.8 Å². The minimum Gasteiger partial charge on any atom is -0.343 e. The third-order valence-electron chi connectivity index (χ3n) is 2.91. The standard InChI is InChI=1S/C10H13NO3S/c1-7-3-9(4-12)8(2)11(7)10-5-15(13,14)6-10/h3-4,10H,5-6H2,1-2H3. The molecule has 1 aliphatic heterocycles. The van der Waals surface area contributed by atoms with Crippen molar-refractivity contribution in [3.8, 4) is 0 Å². The molecule has 0 atom stereocenters. The molecule has 2 rings (SSSR count). The summed E-state index contributed by atoms with van der Waals surface area (Å²) < 4.78 is 24.1. The first kappa shape index (κ1) is 10.4. The van der Waals surface area contributed by atoms with Gasteiger partial charge in [-0.25, -0.2) is 8.42 Å². The molecule has 1 saturated heterocycles. The third-order valence-corrected chi connectivity index (χ3v) is 4.69. The molecule has 0 unspecified atom stereocenters. The highest BCUT2D eigenvalue weighted by Gasteiger charge is 2.36. The van der Waals surface area contributed by atoms with Gasteiger partial charge in [-0.1, -0.05) is 0 Å². The number of carbonyl (C=O) groups excluding carboxylic acids is 1. The molecule has 0 spiro atoms. The van der Waals surface area contributed by atoms with Gasteiger partial charge in [0.2, 0.25) is 0 Å². The van der Waals surface area contributed by atoms with Crippen LogP contribution in [-0.2, 0) is 9.84 Å². The van der Waals surface area contributed by atoms with Crippen LogP contribution in [0.5, 0.6) is 0 Å². The summed E-state index contributed by atoms with van der Waals surface area (Å²) in [6.45, 7) is 3.74. The van der Waals surface area contributed by atoms with Crippen molar-refractivity contribution in [1.29, 1.82) is 0 Å². The minimum atomic E-state index is -2.82. The first-order valence-electron chi connectivity index (χ1n) is 4.78. The van der Waals surface area contributed by atoms with Crippen LogP contribution in [0, 0.1) is 13.8 Å². The maximum absolute atomic E-state index is 11.1. The molecular weight excluding hydrogens is 214 g/mol. The van der Waals surface area contributed by atoms with Crippen molar-refractivity contribution in [3.63, 3.8) is 0 Å². The molecule has 82 valence electrons. The average Bonchev–Trinajstić information content (AvgIpc) is 2.37. The lowest BCUT2D eigenvalue weighted by molar-refractivity contribution is 0.112. The van der Waals surface area contributed by atoms with Gasteiger partial charge in [0.15, 0.2) is 16.1 Å². The zero-order valence-corrected chi connectivity index (χ0v) is 9.54. The van der Waals surface area contributed by atoms with Crippen molar-refractivity contribution in [2.45, 2.75) is 19.9 Å². The van der Waals surface area contributed by atoms with E-state index in [1.54, 1.807) is 6.07 Å². The molecule has 1 aliphatic rings. The normalized spacial score (nSPS) is 19.9. The molecule has 0 aromatic carbocycles. The summed E-state index contributed by atoms with van der Waals surface area (Å²) in [5.74, 6) is 0.392. The number of aromatic nitrogens is 1. The number of rotatable bonds is 2. The Bertz CT molecular complexity index is 501. The molecule has 0 saturated carbocycles. The third kappa shape index (κ3) is 1.61. The van der Waals surface area contributed by atoms with Crippen LogP contribution in [0.15, 0.2) is 6.07 Å². The highest BCUT2D eigenvalue weighted by molar-refractivity contribution is 7.92. The molecule has 0 aliphatic carbocycles. The van der Waals surface area contributed by atoms with Crippen molar-refractivity contribution in [3.05, 3.63) is 23.0 Å². The number of nitrogens with zero attached hydrogens (tertiary/aromatic N) is 1. The van der Waals surface area contributed by atoms with Crippen LogP contribution in [0.2, 0.25) is 0 Å². The molecule has 1 aromatic heterocycles. The summed E-state index contributed by atoms with van der Waals surface area (Å²) in [6.07, 6.45) is 0.812. The summed E-state index contributed by atoms with van der Waals surface area (Å²) in [5, 5.41) is 0. The van der Waals surface area contributed by atoms with Crippen molar-refractivity contribution in [2.75, 3.05) is 11.5 Å². The highest BCUT2D eigenvalue weighted by Crippen LogP contribution is 2.28. The maximum Gasteiger partial charge on any atom is 0.154 e. The summed E-state index contributed by atoms with van der Waals surface area (Å²) in [7, 11) is -2.82. The average molecular weight is 227 g/mol. The van der Waals surface area contributed by atoms with Gasteiger partial charge in [-0.2, -0.15) is 0 Å². The molecule has 15 heavy (non-hydrogen) atoms. The van der Waals surface area contributed by atoms with E-state index < -0.39 is 9.84 Å². The summed E-state index contributed by atoms with van der Waals surface area (Å²) >= 11 is 0. The van der Waals surface area contributed by atoms with Crippen LogP contribution in [0.3, 0.4) is 0 Å². The molecule has 0 amide bonds. The fourth-order valence-corrected chi connectivity index (χ4v) is 3.54. The first-order chi connectivity index (χ1) is 6.94. The lowest BCUT2D eigenvalue weighted by atomic mass is 10.3. The Morgan fingerprint density at radius 2 is 2.00 bits per heavy atom. The molecule has 2 heterocycles. The summed E-state index contributed by atoms with van der Waals surface area (Å²) in [5.41, 5.74) is 2.47. The fourth-order valence-electron chi connectivity index (χ4n) is 2.17. The second-order valence-electron chi connectivity index (χ2n) is 4.05. The van der Waals surface area contributed by atoms with Gasteiger partial charge in [-0.05, 0) is 19.9 Å². The molecule has 4 nitrogen and oxygen atoms in total. The monoisotopic (exact) mass is 227 g/mol. The first-order valence-corrected chi connectivity index (χ1v) is 6.61. The zero-order valence-electron chi connectivity index (χ0n) is 8.73. The van der Waals surface area contributed by atoms with Gasteiger partial charge in [-0.15, -0.1) is 0 Å². The number of hydrogen-bond acceptors (Lipinski definition) is 3. The minimum absolute atomic E-state index is 0.0173. The molecular formula is C10H13NO3S. The Labute approximate surface area is 88.8 Å². The van der Waals surface area contributed by atoms with E-state index in [1.165, 1.54) is 0 Å². The molecule has 0 radical (unpaired) electrons. The summed E-state index contributed by atoms with van der Waals surface area (Å²) in [4.78, 5) is 10.7. The molecule has 5 heteroatoms. The van der Waals surface area contributed by atoms with Crippen molar-refractivity contribution < 1.29 is 13.2 Å². The number of sulfone groups is 1. The van der Waals surface area contributed by atoms with Crippen molar-refractivity contribution in [2.24, 2.45) is 0 Å². The van der Waals surface area contributed by atoms with E-state index in [9.17, 15) is 13.2 Å².